The molecule has 2 atom stereocenters. The Kier molecular flexibility index (Phi) is 8.02. The fraction of sp³-hybridized carbons (Fsp3) is 0.381. The van der Waals surface area contributed by atoms with Crippen molar-refractivity contribution in [2.75, 3.05) is 13.7 Å². The summed E-state index contributed by atoms with van der Waals surface area (Å²) < 4.78 is 4.78. The fourth-order valence-electron chi connectivity index (χ4n) is 2.74. The van der Waals surface area contributed by atoms with E-state index in [2.05, 4.69) is 17.2 Å². The van der Waals surface area contributed by atoms with Crippen molar-refractivity contribution < 1.29 is 19.4 Å². The van der Waals surface area contributed by atoms with E-state index in [0.717, 1.165) is 29.3 Å². The summed E-state index contributed by atoms with van der Waals surface area (Å²) in [6, 6.07) is 11.0. The third-order valence-corrected chi connectivity index (χ3v) is 5.43. The lowest BCUT2D eigenvalue weighted by Gasteiger charge is -2.24. The monoisotopic (exact) mass is 402 g/mol. The van der Waals surface area contributed by atoms with Gasteiger partial charge < -0.3 is 15.2 Å². The number of carbonyl (C=O) groups excluding carboxylic acids is 2. The standard InChI is InChI=1S/C21H26N2O4S/c1-4-15-7-10-18(23-12-15)19(25)13-27-17-8-5-16(6-9-17)11-21(2,28-14-24)20(26)22-3/h5-10,12,14,19,25H,4,11,13H2,1-3H3,(H,22,26). The molecule has 2 N–H and O–H groups in total. The number of hydrogen-bond acceptors (Lipinski definition) is 6. The van der Waals surface area contributed by atoms with Crippen molar-refractivity contribution in [1.29, 1.82) is 0 Å². The zero-order chi connectivity index (χ0) is 20.6. The minimum atomic E-state index is -0.870. The van der Waals surface area contributed by atoms with Gasteiger partial charge in [0.05, 0.1) is 5.69 Å². The predicted octanol–water partition coefficient (Wildman–Crippen LogP) is 2.73. The quantitative estimate of drug-likeness (QED) is 0.594. The highest BCUT2D eigenvalue weighted by molar-refractivity contribution is 8.13. The molecule has 0 saturated heterocycles. The predicted molar refractivity (Wildman–Crippen MR) is 111 cm³/mol. The van der Waals surface area contributed by atoms with E-state index in [9.17, 15) is 14.7 Å². The molecule has 0 saturated carbocycles. The summed E-state index contributed by atoms with van der Waals surface area (Å²) in [4.78, 5) is 27.3. The molecular formula is C21H26N2O4S. The zero-order valence-corrected chi connectivity index (χ0v) is 17.2. The normalized spacial score (nSPS) is 14.0. The van der Waals surface area contributed by atoms with Gasteiger partial charge in [-0.2, -0.15) is 0 Å². The Balaban J connectivity index is 1.96. The van der Waals surface area contributed by atoms with Gasteiger partial charge in [0.15, 0.2) is 5.62 Å². The lowest BCUT2D eigenvalue weighted by Crippen LogP contribution is -2.42. The van der Waals surface area contributed by atoms with E-state index in [1.807, 2.05) is 18.2 Å². The molecule has 0 bridgehead atoms. The number of rotatable bonds is 10. The van der Waals surface area contributed by atoms with E-state index in [1.165, 1.54) is 0 Å². The van der Waals surface area contributed by atoms with Gasteiger partial charge in [0.1, 0.15) is 23.2 Å². The molecule has 0 spiro atoms. The number of aromatic nitrogens is 1. The van der Waals surface area contributed by atoms with Gasteiger partial charge in [0.2, 0.25) is 5.91 Å². The molecule has 0 fully saturated rings. The number of aliphatic hydroxyl groups is 1. The van der Waals surface area contributed by atoms with Crippen molar-refractivity contribution in [3.8, 4) is 5.75 Å². The van der Waals surface area contributed by atoms with Crippen LogP contribution in [0.1, 0.15) is 36.8 Å². The maximum Gasteiger partial charge on any atom is 0.236 e. The van der Waals surface area contributed by atoms with Gasteiger partial charge >= 0.3 is 0 Å². The third-order valence-electron chi connectivity index (χ3n) is 4.49. The summed E-state index contributed by atoms with van der Waals surface area (Å²) >= 11 is 0.961. The molecule has 1 amide bonds. The molecule has 1 aromatic heterocycles. The first kappa shape index (κ1) is 21.9. The average Bonchev–Trinajstić information content (AvgIpc) is 2.72. The molecule has 2 rings (SSSR count). The number of benzene rings is 1. The number of pyridine rings is 1. The van der Waals surface area contributed by atoms with Crippen molar-refractivity contribution >= 4 is 23.3 Å². The molecule has 2 unspecified atom stereocenters. The molecule has 1 heterocycles. The van der Waals surface area contributed by atoms with Gasteiger partial charge in [-0.05, 0) is 49.1 Å². The Morgan fingerprint density at radius 1 is 1.29 bits per heavy atom. The van der Waals surface area contributed by atoms with E-state index in [1.54, 1.807) is 38.4 Å². The molecule has 0 radical (unpaired) electrons. The number of hydrogen-bond donors (Lipinski definition) is 2. The lowest BCUT2D eigenvalue weighted by atomic mass is 9.99. The second kappa shape index (κ2) is 10.2. The van der Waals surface area contributed by atoms with E-state index < -0.39 is 10.9 Å². The summed E-state index contributed by atoms with van der Waals surface area (Å²) in [6.45, 7) is 3.88. The van der Waals surface area contributed by atoms with Crippen LogP contribution in [0.4, 0.5) is 0 Å². The molecule has 0 aliphatic rings. The second-order valence-corrected chi connectivity index (χ2v) is 7.95. The highest BCUT2D eigenvalue weighted by Crippen LogP contribution is 2.28. The Hall–Kier alpha value is -2.38. The maximum absolute atomic E-state index is 12.1. The number of nitrogens with zero attached hydrogens (tertiary/aromatic N) is 1. The molecule has 1 aromatic carbocycles. The minimum Gasteiger partial charge on any atom is -0.490 e. The molecule has 150 valence electrons. The van der Waals surface area contributed by atoms with Crippen LogP contribution in [0.5, 0.6) is 5.75 Å². The molecule has 2 aromatic rings. The summed E-state index contributed by atoms with van der Waals surface area (Å²) in [5, 5.41) is 12.8. The highest BCUT2D eigenvalue weighted by Gasteiger charge is 2.33. The van der Waals surface area contributed by atoms with Crippen LogP contribution in [0.25, 0.3) is 0 Å². The largest absolute Gasteiger partial charge is 0.490 e. The van der Waals surface area contributed by atoms with Crippen molar-refractivity contribution in [2.24, 2.45) is 0 Å². The van der Waals surface area contributed by atoms with Crippen molar-refractivity contribution in [3.05, 3.63) is 59.4 Å². The van der Waals surface area contributed by atoms with Crippen molar-refractivity contribution in [2.45, 2.75) is 37.5 Å². The van der Waals surface area contributed by atoms with Gasteiger partial charge in [-0.3, -0.25) is 14.6 Å². The lowest BCUT2D eigenvalue weighted by molar-refractivity contribution is -0.122. The SMILES string of the molecule is CCc1ccc(C(O)COc2ccc(CC(C)(SC=O)C(=O)NC)cc2)nc1. The van der Waals surface area contributed by atoms with E-state index in [-0.39, 0.29) is 12.5 Å². The smallest absolute Gasteiger partial charge is 0.236 e. The van der Waals surface area contributed by atoms with Crippen LogP contribution < -0.4 is 10.1 Å². The first-order valence-electron chi connectivity index (χ1n) is 9.10. The Morgan fingerprint density at radius 3 is 2.50 bits per heavy atom. The fourth-order valence-corrected chi connectivity index (χ4v) is 3.41. The van der Waals surface area contributed by atoms with Crippen molar-refractivity contribution in [1.82, 2.24) is 10.3 Å². The van der Waals surface area contributed by atoms with Crippen LogP contribution >= 0.6 is 11.8 Å². The van der Waals surface area contributed by atoms with E-state index in [4.69, 9.17) is 4.74 Å². The summed E-state index contributed by atoms with van der Waals surface area (Å²) in [5.41, 5.74) is 3.28. The molecule has 0 aliphatic carbocycles. The van der Waals surface area contributed by atoms with Crippen LogP contribution in [-0.4, -0.2) is 40.0 Å². The molecular weight excluding hydrogens is 376 g/mol. The molecule has 0 aliphatic heterocycles. The first-order chi connectivity index (χ1) is 13.4. The van der Waals surface area contributed by atoms with E-state index in [0.29, 0.717) is 23.5 Å². The van der Waals surface area contributed by atoms with Crippen LogP contribution in [0, 0.1) is 0 Å². The topological polar surface area (TPSA) is 88.5 Å². The molecule has 6 nitrogen and oxygen atoms in total. The number of ether oxygens (including phenoxy) is 1. The summed E-state index contributed by atoms with van der Waals surface area (Å²) in [5.74, 6) is 0.410. The second-order valence-electron chi connectivity index (χ2n) is 6.62. The number of nitrogens with one attached hydrogen (secondary N) is 1. The average molecular weight is 403 g/mol. The van der Waals surface area contributed by atoms with Crippen LogP contribution in [0.2, 0.25) is 0 Å². The third kappa shape index (κ3) is 5.81. The number of amides is 1. The van der Waals surface area contributed by atoms with Gasteiger partial charge in [0.25, 0.3) is 0 Å². The van der Waals surface area contributed by atoms with Gasteiger partial charge in [-0.1, -0.05) is 36.9 Å². The van der Waals surface area contributed by atoms with Crippen molar-refractivity contribution in [3.63, 3.8) is 0 Å². The number of aliphatic hydroxyl groups excluding tert-OH is 1. The summed E-state index contributed by atoms with van der Waals surface area (Å²) in [7, 11) is 1.55. The van der Waals surface area contributed by atoms with Crippen LogP contribution in [-0.2, 0) is 22.4 Å². The Morgan fingerprint density at radius 2 is 1.96 bits per heavy atom. The van der Waals surface area contributed by atoms with E-state index >= 15 is 0 Å². The highest BCUT2D eigenvalue weighted by atomic mass is 32.2. The molecule has 28 heavy (non-hydrogen) atoms. The minimum absolute atomic E-state index is 0.0920. The Bertz CT molecular complexity index is 780. The zero-order valence-electron chi connectivity index (χ0n) is 16.3. The summed E-state index contributed by atoms with van der Waals surface area (Å²) in [6.07, 6.45) is 2.25. The maximum atomic E-state index is 12.1. The number of carbonyl (C=O) groups is 2. The van der Waals surface area contributed by atoms with Crippen LogP contribution in [0.15, 0.2) is 42.6 Å². The number of thioether (sulfide) groups is 1. The van der Waals surface area contributed by atoms with Gasteiger partial charge in [0, 0.05) is 13.2 Å². The Labute approximate surface area is 169 Å². The van der Waals surface area contributed by atoms with Crippen LogP contribution in [0.3, 0.4) is 0 Å². The molecule has 7 heteroatoms. The first-order valence-corrected chi connectivity index (χ1v) is 9.98. The van der Waals surface area contributed by atoms with Gasteiger partial charge in [-0.25, -0.2) is 0 Å². The number of aryl methyl sites for hydroxylation is 1. The van der Waals surface area contributed by atoms with Gasteiger partial charge in [-0.15, -0.1) is 0 Å².